The Bertz CT molecular complexity index is 429. The highest BCUT2D eigenvalue weighted by Crippen LogP contribution is 2.26. The van der Waals surface area contributed by atoms with Gasteiger partial charge in [0, 0.05) is 11.6 Å². The van der Waals surface area contributed by atoms with Crippen molar-refractivity contribution in [2.45, 2.75) is 46.3 Å². The molecule has 106 valence electrons. The fraction of sp³-hybridized carbons (Fsp3) is 0.533. The van der Waals surface area contributed by atoms with Gasteiger partial charge in [-0.2, -0.15) is 0 Å². The number of rotatable bonds is 6. The quantitative estimate of drug-likeness (QED) is 0.803. The normalized spacial score (nSPS) is 13.7. The van der Waals surface area contributed by atoms with E-state index in [2.05, 4.69) is 0 Å². The van der Waals surface area contributed by atoms with Gasteiger partial charge in [-0.1, -0.05) is 19.1 Å². The van der Waals surface area contributed by atoms with Gasteiger partial charge in [-0.15, -0.1) is 0 Å². The Morgan fingerprint density at radius 2 is 2.05 bits per heavy atom. The molecular formula is C15H23NO3. The van der Waals surface area contributed by atoms with Crippen LogP contribution in [0.15, 0.2) is 18.2 Å². The van der Waals surface area contributed by atoms with Crippen molar-refractivity contribution in [3.63, 3.8) is 0 Å². The van der Waals surface area contributed by atoms with Gasteiger partial charge in [0.05, 0.1) is 6.61 Å². The van der Waals surface area contributed by atoms with E-state index in [1.54, 1.807) is 6.92 Å². The summed E-state index contributed by atoms with van der Waals surface area (Å²) in [6.45, 7) is 7.90. The standard InChI is InChI=1S/C15H23NO3/c1-5-13(15(17)18-6-2)19-14-9-10(3)7-8-12(14)11(4)16/h7-9,11,13H,5-6,16H2,1-4H3/t11-,13?/m1/s1. The molecule has 0 bridgehead atoms. The minimum atomic E-state index is -0.584. The number of benzene rings is 1. The first-order valence-corrected chi connectivity index (χ1v) is 6.69. The molecule has 0 aliphatic heterocycles. The largest absolute Gasteiger partial charge is 0.478 e. The van der Waals surface area contributed by atoms with Crippen LogP contribution in [0.3, 0.4) is 0 Å². The Morgan fingerprint density at radius 3 is 2.58 bits per heavy atom. The van der Waals surface area contributed by atoms with Gasteiger partial charge in [0.25, 0.3) is 0 Å². The zero-order chi connectivity index (χ0) is 14.4. The second-order valence-corrected chi connectivity index (χ2v) is 4.60. The Kier molecular flexibility index (Phi) is 5.83. The maximum Gasteiger partial charge on any atom is 0.347 e. The van der Waals surface area contributed by atoms with Crippen LogP contribution >= 0.6 is 0 Å². The number of hydrogen-bond donors (Lipinski definition) is 1. The summed E-state index contributed by atoms with van der Waals surface area (Å²) >= 11 is 0. The predicted octanol–water partition coefficient (Wildman–Crippen LogP) is 2.74. The molecule has 2 N–H and O–H groups in total. The van der Waals surface area contributed by atoms with Crippen LogP contribution in [0.25, 0.3) is 0 Å². The molecule has 0 saturated heterocycles. The van der Waals surface area contributed by atoms with Crippen molar-refractivity contribution < 1.29 is 14.3 Å². The Hall–Kier alpha value is -1.55. The second kappa shape index (κ2) is 7.14. The molecule has 2 atom stereocenters. The molecule has 4 heteroatoms. The van der Waals surface area contributed by atoms with Gasteiger partial charge in [0.1, 0.15) is 5.75 Å². The lowest BCUT2D eigenvalue weighted by molar-refractivity contribution is -0.151. The molecule has 4 nitrogen and oxygen atoms in total. The van der Waals surface area contributed by atoms with E-state index in [4.69, 9.17) is 15.2 Å². The monoisotopic (exact) mass is 265 g/mol. The zero-order valence-electron chi connectivity index (χ0n) is 12.1. The van der Waals surface area contributed by atoms with Crippen molar-refractivity contribution in [1.82, 2.24) is 0 Å². The van der Waals surface area contributed by atoms with Gasteiger partial charge in [-0.05, 0) is 38.8 Å². The summed E-state index contributed by atoms with van der Waals surface area (Å²) in [6.07, 6.45) is -0.0233. The Labute approximate surface area is 114 Å². The molecule has 0 amide bonds. The highest BCUT2D eigenvalue weighted by molar-refractivity contribution is 5.75. The fourth-order valence-corrected chi connectivity index (χ4v) is 1.81. The first kappa shape index (κ1) is 15.5. The lowest BCUT2D eigenvalue weighted by Gasteiger charge is -2.20. The summed E-state index contributed by atoms with van der Waals surface area (Å²) in [7, 11) is 0. The number of hydrogen-bond acceptors (Lipinski definition) is 4. The predicted molar refractivity (Wildman–Crippen MR) is 75.1 cm³/mol. The van der Waals surface area contributed by atoms with Crippen molar-refractivity contribution in [2.75, 3.05) is 6.61 Å². The van der Waals surface area contributed by atoms with E-state index in [1.165, 1.54) is 0 Å². The molecule has 1 aromatic carbocycles. The highest BCUT2D eigenvalue weighted by Gasteiger charge is 2.21. The summed E-state index contributed by atoms with van der Waals surface area (Å²) in [4.78, 5) is 11.8. The van der Waals surface area contributed by atoms with Crippen LogP contribution in [-0.4, -0.2) is 18.7 Å². The molecule has 0 radical (unpaired) electrons. The van der Waals surface area contributed by atoms with Crippen molar-refractivity contribution in [3.8, 4) is 5.75 Å². The summed E-state index contributed by atoms with van der Waals surface area (Å²) < 4.78 is 10.8. The van der Waals surface area contributed by atoms with E-state index in [-0.39, 0.29) is 12.0 Å². The van der Waals surface area contributed by atoms with E-state index in [0.29, 0.717) is 18.8 Å². The van der Waals surface area contributed by atoms with E-state index < -0.39 is 6.10 Å². The highest BCUT2D eigenvalue weighted by atomic mass is 16.6. The molecule has 0 aliphatic rings. The maximum absolute atomic E-state index is 11.8. The van der Waals surface area contributed by atoms with Gasteiger partial charge in [0.15, 0.2) is 6.10 Å². The number of esters is 1. The van der Waals surface area contributed by atoms with Crippen LogP contribution in [0.5, 0.6) is 5.75 Å². The van der Waals surface area contributed by atoms with E-state index in [9.17, 15) is 4.79 Å². The van der Waals surface area contributed by atoms with Gasteiger partial charge < -0.3 is 15.2 Å². The molecule has 0 spiro atoms. The van der Waals surface area contributed by atoms with Gasteiger partial charge in [-0.3, -0.25) is 0 Å². The molecule has 0 heterocycles. The fourth-order valence-electron chi connectivity index (χ4n) is 1.81. The van der Waals surface area contributed by atoms with E-state index >= 15 is 0 Å². The van der Waals surface area contributed by atoms with Crippen molar-refractivity contribution in [3.05, 3.63) is 29.3 Å². The number of aryl methyl sites for hydroxylation is 1. The molecule has 0 saturated carbocycles. The van der Waals surface area contributed by atoms with Crippen LogP contribution in [0.4, 0.5) is 0 Å². The number of ether oxygens (including phenoxy) is 2. The van der Waals surface area contributed by atoms with Gasteiger partial charge in [0.2, 0.25) is 0 Å². The van der Waals surface area contributed by atoms with Crippen LogP contribution in [0.2, 0.25) is 0 Å². The lowest BCUT2D eigenvalue weighted by Crippen LogP contribution is -2.29. The van der Waals surface area contributed by atoms with Crippen molar-refractivity contribution in [2.24, 2.45) is 5.73 Å². The lowest BCUT2D eigenvalue weighted by atomic mass is 10.1. The van der Waals surface area contributed by atoms with Crippen LogP contribution in [0.1, 0.15) is 44.4 Å². The average Bonchev–Trinajstić information content (AvgIpc) is 2.35. The average molecular weight is 265 g/mol. The molecule has 0 fully saturated rings. The summed E-state index contributed by atoms with van der Waals surface area (Å²) in [6, 6.07) is 5.68. The third kappa shape index (κ3) is 4.24. The molecule has 1 aromatic rings. The molecular weight excluding hydrogens is 242 g/mol. The second-order valence-electron chi connectivity index (χ2n) is 4.60. The van der Waals surface area contributed by atoms with Crippen LogP contribution < -0.4 is 10.5 Å². The zero-order valence-corrected chi connectivity index (χ0v) is 12.1. The van der Waals surface area contributed by atoms with Gasteiger partial charge in [-0.25, -0.2) is 4.79 Å². The topological polar surface area (TPSA) is 61.5 Å². The van der Waals surface area contributed by atoms with E-state index in [0.717, 1.165) is 11.1 Å². The van der Waals surface area contributed by atoms with E-state index in [1.807, 2.05) is 39.0 Å². The number of carbonyl (C=O) groups excluding carboxylic acids is 1. The first-order chi connectivity index (χ1) is 8.99. The van der Waals surface area contributed by atoms with Crippen molar-refractivity contribution >= 4 is 5.97 Å². The molecule has 0 aromatic heterocycles. The van der Waals surface area contributed by atoms with Crippen LogP contribution in [0, 0.1) is 6.92 Å². The molecule has 1 unspecified atom stereocenters. The summed E-state index contributed by atoms with van der Waals surface area (Å²) in [5.41, 5.74) is 7.88. The van der Waals surface area contributed by atoms with Gasteiger partial charge >= 0.3 is 5.97 Å². The van der Waals surface area contributed by atoms with Crippen molar-refractivity contribution in [1.29, 1.82) is 0 Å². The Balaban J connectivity index is 2.95. The third-order valence-corrected chi connectivity index (χ3v) is 2.85. The number of nitrogens with two attached hydrogens (primary N) is 1. The summed E-state index contributed by atoms with van der Waals surface area (Å²) in [5, 5.41) is 0. The molecule has 19 heavy (non-hydrogen) atoms. The minimum Gasteiger partial charge on any atom is -0.478 e. The first-order valence-electron chi connectivity index (χ1n) is 6.69. The molecule has 0 aliphatic carbocycles. The minimum absolute atomic E-state index is 0.143. The number of carbonyl (C=O) groups is 1. The SMILES string of the molecule is CCOC(=O)C(CC)Oc1cc(C)ccc1[C@@H](C)N. The Morgan fingerprint density at radius 1 is 1.37 bits per heavy atom. The maximum atomic E-state index is 11.8. The summed E-state index contributed by atoms with van der Waals surface area (Å²) in [5.74, 6) is 0.331. The smallest absolute Gasteiger partial charge is 0.347 e. The molecule has 1 rings (SSSR count). The third-order valence-electron chi connectivity index (χ3n) is 2.85. The van der Waals surface area contributed by atoms with Crippen LogP contribution in [-0.2, 0) is 9.53 Å².